The summed E-state index contributed by atoms with van der Waals surface area (Å²) in [5.74, 6) is 0.179. The highest BCUT2D eigenvalue weighted by Gasteiger charge is 2.43. The molecule has 2 aromatic rings. The monoisotopic (exact) mass is 413 g/mol. The van der Waals surface area contributed by atoms with Gasteiger partial charge in [0, 0.05) is 17.4 Å². The number of hydrogen-bond acceptors (Lipinski definition) is 5. The first-order valence-electron chi connectivity index (χ1n) is 9.15. The van der Waals surface area contributed by atoms with Gasteiger partial charge in [0.2, 0.25) is 5.91 Å². The SMILES string of the molecule is COc1ccc([C@@H]2CC(=O)N(c3ccc(C)c(Cl)c3)C3=C2C(=O)OC3)cc1OC. The van der Waals surface area contributed by atoms with Gasteiger partial charge in [-0.3, -0.25) is 9.69 Å². The maximum atomic E-state index is 13.1. The largest absolute Gasteiger partial charge is 0.493 e. The molecule has 2 aromatic carbocycles. The molecular formula is C22H20ClNO5. The molecule has 4 rings (SSSR count). The first-order chi connectivity index (χ1) is 13.9. The Kier molecular flexibility index (Phi) is 4.96. The highest BCUT2D eigenvalue weighted by atomic mass is 35.5. The van der Waals surface area contributed by atoms with Gasteiger partial charge in [-0.1, -0.05) is 23.7 Å². The van der Waals surface area contributed by atoms with E-state index < -0.39 is 11.9 Å². The lowest BCUT2D eigenvalue weighted by Gasteiger charge is -2.32. The minimum atomic E-state index is -0.413. The summed E-state index contributed by atoms with van der Waals surface area (Å²) in [7, 11) is 3.10. The van der Waals surface area contributed by atoms with E-state index in [4.69, 9.17) is 25.8 Å². The third-order valence-electron chi connectivity index (χ3n) is 5.34. The maximum absolute atomic E-state index is 13.1. The number of rotatable bonds is 4. The van der Waals surface area contributed by atoms with E-state index in [0.717, 1.165) is 11.1 Å². The van der Waals surface area contributed by atoms with E-state index in [1.54, 1.807) is 37.3 Å². The fourth-order valence-electron chi connectivity index (χ4n) is 3.83. The van der Waals surface area contributed by atoms with Crippen molar-refractivity contribution in [2.45, 2.75) is 19.3 Å². The van der Waals surface area contributed by atoms with Crippen molar-refractivity contribution >= 4 is 29.2 Å². The molecule has 0 saturated carbocycles. The molecule has 6 nitrogen and oxygen atoms in total. The van der Waals surface area contributed by atoms with Crippen LogP contribution in [-0.2, 0) is 14.3 Å². The predicted molar refractivity (Wildman–Crippen MR) is 109 cm³/mol. The van der Waals surface area contributed by atoms with Crippen molar-refractivity contribution in [2.24, 2.45) is 0 Å². The molecule has 1 atom stereocenters. The maximum Gasteiger partial charge on any atom is 0.336 e. The number of carbonyl (C=O) groups is 2. The fraction of sp³-hybridized carbons (Fsp3) is 0.273. The molecule has 29 heavy (non-hydrogen) atoms. The van der Waals surface area contributed by atoms with Gasteiger partial charge in [0.25, 0.3) is 0 Å². The van der Waals surface area contributed by atoms with Crippen LogP contribution in [0.25, 0.3) is 0 Å². The molecule has 150 valence electrons. The molecule has 0 unspecified atom stereocenters. The van der Waals surface area contributed by atoms with Gasteiger partial charge >= 0.3 is 5.97 Å². The van der Waals surface area contributed by atoms with Gasteiger partial charge in [-0.25, -0.2) is 4.79 Å². The van der Waals surface area contributed by atoms with E-state index in [-0.39, 0.29) is 18.9 Å². The molecule has 0 saturated heterocycles. The van der Waals surface area contributed by atoms with Gasteiger partial charge in [-0.2, -0.15) is 0 Å². The zero-order valence-electron chi connectivity index (χ0n) is 16.3. The Hall–Kier alpha value is -2.99. The quantitative estimate of drug-likeness (QED) is 0.709. The normalized spacial score (nSPS) is 18.6. The third kappa shape index (κ3) is 3.23. The van der Waals surface area contributed by atoms with Crippen molar-refractivity contribution in [3.8, 4) is 11.5 Å². The summed E-state index contributed by atoms with van der Waals surface area (Å²) in [6, 6.07) is 10.8. The third-order valence-corrected chi connectivity index (χ3v) is 5.75. The zero-order valence-corrected chi connectivity index (χ0v) is 17.1. The van der Waals surface area contributed by atoms with Crippen LogP contribution < -0.4 is 14.4 Å². The number of hydrogen-bond donors (Lipinski definition) is 0. The topological polar surface area (TPSA) is 65.1 Å². The molecule has 0 N–H and O–H groups in total. The number of esters is 1. The number of benzene rings is 2. The van der Waals surface area contributed by atoms with Gasteiger partial charge in [0.15, 0.2) is 11.5 Å². The number of aryl methyl sites for hydroxylation is 1. The van der Waals surface area contributed by atoms with Crippen LogP contribution in [0, 0.1) is 6.92 Å². The molecule has 0 bridgehead atoms. The summed E-state index contributed by atoms with van der Waals surface area (Å²) in [5, 5.41) is 0.560. The molecule has 2 aliphatic heterocycles. The Morgan fingerprint density at radius 2 is 1.83 bits per heavy atom. The van der Waals surface area contributed by atoms with Gasteiger partial charge in [0.1, 0.15) is 6.61 Å². The van der Waals surface area contributed by atoms with Crippen LogP contribution in [0.3, 0.4) is 0 Å². The first-order valence-corrected chi connectivity index (χ1v) is 9.53. The van der Waals surface area contributed by atoms with Crippen LogP contribution >= 0.6 is 11.6 Å². The summed E-state index contributed by atoms with van der Waals surface area (Å²) in [5.41, 5.74) is 3.39. The van der Waals surface area contributed by atoms with Crippen molar-refractivity contribution in [2.75, 3.05) is 25.7 Å². The van der Waals surface area contributed by atoms with Crippen molar-refractivity contribution in [3.63, 3.8) is 0 Å². The number of ether oxygens (including phenoxy) is 3. The number of amides is 1. The van der Waals surface area contributed by atoms with Gasteiger partial charge in [0.05, 0.1) is 31.2 Å². The van der Waals surface area contributed by atoms with E-state index in [0.29, 0.717) is 33.5 Å². The standard InChI is InChI=1S/C22H20ClNO5/c1-12-4-6-14(9-16(12)23)24-17-11-29-22(26)21(17)15(10-20(24)25)13-5-7-18(27-2)19(8-13)28-3/h4-9,15H,10-11H2,1-3H3/t15-/m0/s1. The molecule has 0 aromatic heterocycles. The zero-order chi connectivity index (χ0) is 20.7. The average molecular weight is 414 g/mol. The van der Waals surface area contributed by atoms with Crippen LogP contribution in [0.5, 0.6) is 11.5 Å². The number of anilines is 1. The molecule has 0 fully saturated rings. The molecule has 7 heteroatoms. The van der Waals surface area contributed by atoms with Crippen LogP contribution in [0.2, 0.25) is 5.02 Å². The fourth-order valence-corrected chi connectivity index (χ4v) is 4.00. The molecule has 0 spiro atoms. The first kappa shape index (κ1) is 19.3. The van der Waals surface area contributed by atoms with E-state index >= 15 is 0 Å². The number of cyclic esters (lactones) is 1. The summed E-state index contributed by atoms with van der Waals surface area (Å²) < 4.78 is 16.0. The summed E-state index contributed by atoms with van der Waals surface area (Å²) in [6.07, 6.45) is 0.134. The Balaban J connectivity index is 1.81. The molecular weight excluding hydrogens is 394 g/mol. The van der Waals surface area contributed by atoms with Crippen molar-refractivity contribution in [1.82, 2.24) is 0 Å². The Morgan fingerprint density at radius 1 is 1.07 bits per heavy atom. The van der Waals surface area contributed by atoms with Crippen molar-refractivity contribution in [3.05, 3.63) is 63.8 Å². The predicted octanol–water partition coefficient (Wildman–Crippen LogP) is 4.00. The Labute approximate surface area is 173 Å². The van der Waals surface area contributed by atoms with E-state index in [2.05, 4.69) is 0 Å². The number of halogens is 1. The van der Waals surface area contributed by atoms with Crippen LogP contribution in [0.1, 0.15) is 23.5 Å². The van der Waals surface area contributed by atoms with E-state index in [1.807, 2.05) is 25.1 Å². The minimum Gasteiger partial charge on any atom is -0.493 e. The van der Waals surface area contributed by atoms with Crippen LogP contribution in [0.4, 0.5) is 5.69 Å². The Bertz CT molecular complexity index is 1050. The number of methoxy groups -OCH3 is 2. The second kappa shape index (κ2) is 7.44. The summed E-state index contributed by atoms with van der Waals surface area (Å²) in [4.78, 5) is 27.2. The van der Waals surface area contributed by atoms with Crippen LogP contribution in [0.15, 0.2) is 47.7 Å². The van der Waals surface area contributed by atoms with Gasteiger partial charge in [-0.15, -0.1) is 0 Å². The highest BCUT2D eigenvalue weighted by molar-refractivity contribution is 6.31. The average Bonchev–Trinajstić information content (AvgIpc) is 3.10. The van der Waals surface area contributed by atoms with Gasteiger partial charge in [-0.05, 0) is 42.3 Å². The van der Waals surface area contributed by atoms with E-state index in [9.17, 15) is 9.59 Å². The minimum absolute atomic E-state index is 0.0508. The van der Waals surface area contributed by atoms with Crippen molar-refractivity contribution < 1.29 is 23.8 Å². The lowest BCUT2D eigenvalue weighted by atomic mass is 9.84. The summed E-state index contributed by atoms with van der Waals surface area (Å²) >= 11 is 6.26. The molecule has 0 aliphatic carbocycles. The smallest absolute Gasteiger partial charge is 0.336 e. The number of carbonyl (C=O) groups excluding carboxylic acids is 2. The van der Waals surface area contributed by atoms with Gasteiger partial charge < -0.3 is 14.2 Å². The summed E-state index contributed by atoms with van der Waals surface area (Å²) in [6.45, 7) is 1.94. The molecule has 0 radical (unpaired) electrons. The number of nitrogens with zero attached hydrogens (tertiary/aromatic N) is 1. The highest BCUT2D eigenvalue weighted by Crippen LogP contribution is 2.44. The lowest BCUT2D eigenvalue weighted by Crippen LogP contribution is -2.37. The second-order valence-corrected chi connectivity index (χ2v) is 7.38. The second-order valence-electron chi connectivity index (χ2n) is 6.97. The van der Waals surface area contributed by atoms with E-state index in [1.165, 1.54) is 0 Å². The lowest BCUT2D eigenvalue weighted by molar-refractivity contribution is -0.136. The molecule has 2 heterocycles. The van der Waals surface area contributed by atoms with Crippen molar-refractivity contribution in [1.29, 1.82) is 0 Å². The molecule has 1 amide bonds. The Morgan fingerprint density at radius 3 is 2.52 bits per heavy atom. The molecule has 2 aliphatic rings. The van der Waals surface area contributed by atoms with Crippen LogP contribution in [-0.4, -0.2) is 32.7 Å².